The third-order valence-electron chi connectivity index (χ3n) is 4.63. The van der Waals surface area contributed by atoms with Gasteiger partial charge in [-0.2, -0.15) is 0 Å². The van der Waals surface area contributed by atoms with Gasteiger partial charge in [0.15, 0.2) is 0 Å². The van der Waals surface area contributed by atoms with E-state index in [4.69, 9.17) is 4.74 Å². The van der Waals surface area contributed by atoms with Crippen LogP contribution in [0.5, 0.6) is 11.6 Å². The van der Waals surface area contributed by atoms with Gasteiger partial charge in [0, 0.05) is 18.0 Å². The summed E-state index contributed by atoms with van der Waals surface area (Å²) >= 11 is 0. The highest BCUT2D eigenvalue weighted by atomic mass is 19.1. The molecule has 0 unspecified atom stereocenters. The Hall–Kier alpha value is -3.42. The maximum absolute atomic E-state index is 14.0. The zero-order valence-corrected chi connectivity index (χ0v) is 14.5. The van der Waals surface area contributed by atoms with Crippen molar-refractivity contribution in [2.45, 2.75) is 19.4 Å². The first kappa shape index (κ1) is 17.0. The fourth-order valence-electron chi connectivity index (χ4n) is 3.43. The second kappa shape index (κ2) is 6.39. The van der Waals surface area contributed by atoms with Crippen LogP contribution in [0.4, 0.5) is 10.1 Å². The van der Waals surface area contributed by atoms with Crippen LogP contribution in [-0.2, 0) is 13.0 Å². The normalized spacial score (nSPS) is 12.8. The Labute approximate surface area is 153 Å². The number of amides is 1. The van der Waals surface area contributed by atoms with Gasteiger partial charge in [-0.1, -0.05) is 0 Å². The molecule has 4 rings (SSSR count). The van der Waals surface area contributed by atoms with Gasteiger partial charge in [-0.15, -0.1) is 0 Å². The number of benzene rings is 1. The fourth-order valence-corrected chi connectivity index (χ4v) is 3.43. The summed E-state index contributed by atoms with van der Waals surface area (Å²) in [6.45, 7) is 0.401. The SMILES string of the molecule is COc1ccc(NC(=O)c2c(O)c3cc(F)cc4c3n(c2=O)CCC4)cn1. The number of ether oxygens (including phenoxy) is 1. The molecule has 2 N–H and O–H groups in total. The van der Waals surface area contributed by atoms with Crippen LogP contribution in [-0.4, -0.2) is 27.7 Å². The molecule has 7 nitrogen and oxygen atoms in total. The van der Waals surface area contributed by atoms with E-state index < -0.39 is 28.6 Å². The zero-order valence-electron chi connectivity index (χ0n) is 14.5. The van der Waals surface area contributed by atoms with Gasteiger partial charge in [0.05, 0.1) is 24.5 Å². The highest BCUT2D eigenvalue weighted by Gasteiger charge is 2.26. The van der Waals surface area contributed by atoms with Gasteiger partial charge in [-0.25, -0.2) is 9.37 Å². The molecule has 0 radical (unpaired) electrons. The van der Waals surface area contributed by atoms with Crippen molar-refractivity contribution < 1.29 is 19.0 Å². The van der Waals surface area contributed by atoms with Crippen LogP contribution in [0.2, 0.25) is 0 Å². The zero-order chi connectivity index (χ0) is 19.1. The number of nitrogens with one attached hydrogen (secondary N) is 1. The summed E-state index contributed by atoms with van der Waals surface area (Å²) in [6, 6.07) is 5.61. The highest BCUT2D eigenvalue weighted by Crippen LogP contribution is 2.32. The summed E-state index contributed by atoms with van der Waals surface area (Å²) < 4.78 is 20.3. The Kier molecular flexibility index (Phi) is 4.02. The number of aryl methyl sites for hydroxylation is 2. The van der Waals surface area contributed by atoms with Crippen LogP contribution in [0, 0.1) is 5.82 Å². The lowest BCUT2D eigenvalue weighted by atomic mass is 9.98. The van der Waals surface area contributed by atoms with E-state index in [2.05, 4.69) is 10.3 Å². The summed E-state index contributed by atoms with van der Waals surface area (Å²) in [7, 11) is 1.47. The Balaban J connectivity index is 1.84. The molecule has 0 spiro atoms. The Bertz CT molecular complexity index is 1120. The molecule has 1 aliphatic heterocycles. The molecule has 1 aliphatic rings. The van der Waals surface area contributed by atoms with E-state index in [1.807, 2.05) is 0 Å². The van der Waals surface area contributed by atoms with Crippen LogP contribution < -0.4 is 15.6 Å². The van der Waals surface area contributed by atoms with E-state index in [0.717, 1.165) is 6.07 Å². The minimum Gasteiger partial charge on any atom is -0.506 e. The molecular formula is C19H16FN3O4. The smallest absolute Gasteiger partial charge is 0.267 e. The quantitative estimate of drug-likeness (QED) is 0.740. The molecule has 0 fully saturated rings. The number of rotatable bonds is 3. The molecular weight excluding hydrogens is 353 g/mol. The van der Waals surface area contributed by atoms with E-state index in [1.165, 1.54) is 23.9 Å². The molecule has 3 aromatic rings. The number of pyridine rings is 2. The van der Waals surface area contributed by atoms with Crippen LogP contribution in [0.1, 0.15) is 22.3 Å². The lowest BCUT2D eigenvalue weighted by Crippen LogP contribution is -2.31. The average Bonchev–Trinajstić information content (AvgIpc) is 2.66. The van der Waals surface area contributed by atoms with Crippen LogP contribution in [0.3, 0.4) is 0 Å². The Morgan fingerprint density at radius 3 is 2.89 bits per heavy atom. The standard InChI is InChI=1S/C19H16FN3O4/c1-27-14-5-4-12(9-21-14)22-18(25)15-17(24)13-8-11(20)7-10-3-2-6-23(16(10)13)19(15)26/h4-5,7-9,24H,2-3,6H2,1H3,(H,22,25). The second-order valence-electron chi connectivity index (χ2n) is 6.29. The second-order valence-corrected chi connectivity index (χ2v) is 6.29. The Morgan fingerprint density at radius 2 is 2.19 bits per heavy atom. The van der Waals surface area contributed by atoms with Crippen molar-refractivity contribution in [2.75, 3.05) is 12.4 Å². The summed E-state index contributed by atoms with van der Waals surface area (Å²) in [5.74, 6) is -1.46. The number of nitrogens with zero attached hydrogens (tertiary/aromatic N) is 2. The number of hydrogen-bond donors (Lipinski definition) is 2. The Morgan fingerprint density at radius 1 is 1.37 bits per heavy atom. The van der Waals surface area contributed by atoms with E-state index in [0.29, 0.717) is 42.0 Å². The van der Waals surface area contributed by atoms with E-state index >= 15 is 0 Å². The van der Waals surface area contributed by atoms with Gasteiger partial charge in [0.2, 0.25) is 5.88 Å². The fraction of sp³-hybridized carbons (Fsp3) is 0.211. The maximum Gasteiger partial charge on any atom is 0.267 e. The van der Waals surface area contributed by atoms with Crippen molar-refractivity contribution in [1.29, 1.82) is 0 Å². The van der Waals surface area contributed by atoms with E-state index in [1.54, 1.807) is 12.1 Å². The van der Waals surface area contributed by atoms with Crippen molar-refractivity contribution in [3.63, 3.8) is 0 Å². The highest BCUT2D eigenvalue weighted by molar-refractivity contribution is 6.09. The van der Waals surface area contributed by atoms with Crippen LogP contribution >= 0.6 is 0 Å². The number of carbonyl (C=O) groups is 1. The molecule has 1 amide bonds. The summed E-state index contributed by atoms with van der Waals surface area (Å²) in [5, 5.41) is 13.3. The molecule has 8 heteroatoms. The van der Waals surface area contributed by atoms with Crippen molar-refractivity contribution in [3.05, 3.63) is 57.8 Å². The van der Waals surface area contributed by atoms with Crippen molar-refractivity contribution >= 4 is 22.5 Å². The summed E-state index contributed by atoms with van der Waals surface area (Å²) in [6.07, 6.45) is 2.63. The minimum atomic E-state index is -0.786. The monoisotopic (exact) mass is 369 g/mol. The van der Waals surface area contributed by atoms with E-state index in [-0.39, 0.29) is 5.39 Å². The molecule has 2 aromatic heterocycles. The van der Waals surface area contributed by atoms with Crippen LogP contribution in [0.15, 0.2) is 35.3 Å². The van der Waals surface area contributed by atoms with E-state index in [9.17, 15) is 19.1 Å². The van der Waals surface area contributed by atoms with Crippen LogP contribution in [0.25, 0.3) is 10.9 Å². The third kappa shape index (κ3) is 2.79. The van der Waals surface area contributed by atoms with Gasteiger partial charge in [-0.3, -0.25) is 9.59 Å². The third-order valence-corrected chi connectivity index (χ3v) is 4.63. The molecule has 3 heterocycles. The topological polar surface area (TPSA) is 93.5 Å². The van der Waals surface area contributed by atoms with Gasteiger partial charge >= 0.3 is 0 Å². The largest absolute Gasteiger partial charge is 0.506 e. The number of halogens is 1. The number of aromatic hydroxyl groups is 1. The molecule has 27 heavy (non-hydrogen) atoms. The average molecular weight is 369 g/mol. The first-order valence-corrected chi connectivity index (χ1v) is 8.39. The van der Waals surface area contributed by atoms with Gasteiger partial charge < -0.3 is 19.7 Å². The number of methoxy groups -OCH3 is 1. The van der Waals surface area contributed by atoms with Crippen molar-refractivity contribution in [2.24, 2.45) is 0 Å². The molecule has 1 aromatic carbocycles. The van der Waals surface area contributed by atoms with Crippen molar-refractivity contribution in [3.8, 4) is 11.6 Å². The minimum absolute atomic E-state index is 0.155. The number of anilines is 1. The predicted molar refractivity (Wildman–Crippen MR) is 96.9 cm³/mol. The molecule has 0 bridgehead atoms. The van der Waals surface area contributed by atoms with Gasteiger partial charge in [0.25, 0.3) is 11.5 Å². The van der Waals surface area contributed by atoms with Crippen molar-refractivity contribution in [1.82, 2.24) is 9.55 Å². The lowest BCUT2D eigenvalue weighted by Gasteiger charge is -2.21. The maximum atomic E-state index is 14.0. The molecule has 0 aliphatic carbocycles. The molecule has 0 atom stereocenters. The van der Waals surface area contributed by atoms with Gasteiger partial charge in [-0.05, 0) is 36.6 Å². The first-order chi connectivity index (χ1) is 13.0. The number of hydrogen-bond acceptors (Lipinski definition) is 5. The summed E-state index contributed by atoms with van der Waals surface area (Å²) in [5.41, 5.74) is 0.435. The lowest BCUT2D eigenvalue weighted by molar-refractivity contribution is 0.102. The molecule has 138 valence electrons. The number of aromatic nitrogens is 2. The number of carbonyl (C=O) groups excluding carboxylic acids is 1. The predicted octanol–water partition coefficient (Wildman–Crippen LogP) is 2.45. The summed E-state index contributed by atoms with van der Waals surface area (Å²) in [4.78, 5) is 29.5. The molecule has 0 saturated carbocycles. The first-order valence-electron chi connectivity index (χ1n) is 8.39. The molecule has 0 saturated heterocycles. The van der Waals surface area contributed by atoms with Gasteiger partial charge in [0.1, 0.15) is 17.1 Å².